The molecule has 0 aromatic carbocycles. The molecule has 7 N–H and O–H groups in total. The van der Waals surface area contributed by atoms with Crippen molar-refractivity contribution >= 4 is 41.5 Å². The highest BCUT2D eigenvalue weighted by Gasteiger charge is 2.22. The van der Waals surface area contributed by atoms with E-state index in [2.05, 4.69) is 10.6 Å². The average Bonchev–Trinajstić information content (AvgIpc) is 2.77. The van der Waals surface area contributed by atoms with Crippen molar-refractivity contribution in [1.82, 2.24) is 10.6 Å². The molecule has 0 aliphatic heterocycles. The first-order chi connectivity index (χ1) is 16.1. The van der Waals surface area contributed by atoms with Crippen molar-refractivity contribution in [2.75, 3.05) is 18.1 Å². The number of carboxylic acid groups (broad SMARTS) is 3. The number of amides is 2. The number of nitrogens with two attached hydrogens (primary N) is 1. The predicted octanol–water partition coefficient (Wildman–Crippen LogP) is 1.58. The lowest BCUT2D eigenvalue weighted by atomic mass is 10.1. The van der Waals surface area contributed by atoms with Gasteiger partial charge in [0.15, 0.2) is 0 Å². The van der Waals surface area contributed by atoms with Gasteiger partial charge in [-0.2, -0.15) is 11.8 Å². The lowest BCUT2D eigenvalue weighted by Gasteiger charge is -2.18. The summed E-state index contributed by atoms with van der Waals surface area (Å²) in [5.41, 5.74) is 5.38. The van der Waals surface area contributed by atoms with E-state index in [9.17, 15) is 24.0 Å². The van der Waals surface area contributed by atoms with E-state index in [0.29, 0.717) is 0 Å². The molecule has 2 atom stereocenters. The van der Waals surface area contributed by atoms with Gasteiger partial charge in [0, 0.05) is 18.6 Å². The first kappa shape index (κ1) is 31.7. The molecule has 11 nitrogen and oxygen atoms in total. The molecule has 12 heteroatoms. The number of rotatable bonds is 22. The topological polar surface area (TPSA) is 196 Å². The minimum Gasteiger partial charge on any atom is -0.481 e. The first-order valence-corrected chi connectivity index (χ1v) is 12.9. The van der Waals surface area contributed by atoms with E-state index >= 15 is 0 Å². The SMILES string of the molecule is N[C@@H](CCC(=O)N[C@@H](CSCCCCCCCCCCCC(=O)O)C(=O)NCC(=O)O)C(=O)O. The van der Waals surface area contributed by atoms with Gasteiger partial charge < -0.3 is 31.7 Å². The van der Waals surface area contributed by atoms with Crippen molar-refractivity contribution in [2.45, 2.75) is 89.1 Å². The normalized spacial score (nSPS) is 12.5. The Hall–Kier alpha value is -2.34. The second kappa shape index (κ2) is 20.1. The van der Waals surface area contributed by atoms with Crippen molar-refractivity contribution in [3.8, 4) is 0 Å². The third kappa shape index (κ3) is 19.2. The second-order valence-corrected chi connectivity index (χ2v) is 9.27. The predicted molar refractivity (Wildman–Crippen MR) is 129 cm³/mol. The molecule has 0 aromatic rings. The van der Waals surface area contributed by atoms with Crippen molar-refractivity contribution in [1.29, 1.82) is 0 Å². The maximum absolute atomic E-state index is 12.2. The lowest BCUT2D eigenvalue weighted by Crippen LogP contribution is -2.49. The Bertz CT molecular complexity index is 648. The third-order valence-corrected chi connectivity index (χ3v) is 6.18. The Morgan fingerprint density at radius 1 is 0.765 bits per heavy atom. The van der Waals surface area contributed by atoms with Crippen LogP contribution < -0.4 is 16.4 Å². The summed E-state index contributed by atoms with van der Waals surface area (Å²) < 4.78 is 0. The van der Waals surface area contributed by atoms with Crippen LogP contribution in [0.2, 0.25) is 0 Å². The monoisotopic (exact) mass is 505 g/mol. The molecule has 0 aromatic heterocycles. The van der Waals surface area contributed by atoms with Crippen molar-refractivity contribution < 1.29 is 39.3 Å². The number of carbonyl (C=O) groups is 5. The van der Waals surface area contributed by atoms with Crippen LogP contribution in [0, 0.1) is 0 Å². The van der Waals surface area contributed by atoms with Gasteiger partial charge in [-0.15, -0.1) is 0 Å². The molecule has 196 valence electrons. The zero-order valence-corrected chi connectivity index (χ0v) is 20.4. The van der Waals surface area contributed by atoms with Crippen LogP contribution in [-0.2, 0) is 24.0 Å². The van der Waals surface area contributed by atoms with Crippen LogP contribution in [0.3, 0.4) is 0 Å². The number of hydrogen-bond donors (Lipinski definition) is 6. The highest BCUT2D eigenvalue weighted by atomic mass is 32.2. The zero-order chi connectivity index (χ0) is 25.8. The Kier molecular flexibility index (Phi) is 18.7. The number of carbonyl (C=O) groups excluding carboxylic acids is 2. The van der Waals surface area contributed by atoms with Crippen LogP contribution in [0.5, 0.6) is 0 Å². The van der Waals surface area contributed by atoms with E-state index < -0.39 is 48.4 Å². The summed E-state index contributed by atoms with van der Waals surface area (Å²) in [6, 6.07) is -2.09. The summed E-state index contributed by atoms with van der Waals surface area (Å²) in [5.74, 6) is -3.21. The zero-order valence-electron chi connectivity index (χ0n) is 19.6. The van der Waals surface area contributed by atoms with Crippen LogP contribution in [0.4, 0.5) is 0 Å². The molecule has 0 bridgehead atoms. The number of nitrogens with one attached hydrogen (secondary N) is 2. The van der Waals surface area contributed by atoms with E-state index in [-0.39, 0.29) is 25.0 Å². The molecule has 0 fully saturated rings. The van der Waals surface area contributed by atoms with Gasteiger partial charge in [0.1, 0.15) is 18.6 Å². The summed E-state index contributed by atoms with van der Waals surface area (Å²) in [7, 11) is 0. The summed E-state index contributed by atoms with van der Waals surface area (Å²) in [5, 5.41) is 30.9. The van der Waals surface area contributed by atoms with Gasteiger partial charge in [-0.05, 0) is 25.0 Å². The maximum Gasteiger partial charge on any atom is 0.322 e. The molecule has 0 unspecified atom stereocenters. The van der Waals surface area contributed by atoms with E-state index in [0.717, 1.165) is 63.5 Å². The van der Waals surface area contributed by atoms with Gasteiger partial charge in [-0.25, -0.2) is 0 Å². The Balaban J connectivity index is 4.10. The first-order valence-electron chi connectivity index (χ1n) is 11.7. The molecule has 0 aliphatic rings. The molecular weight excluding hydrogens is 466 g/mol. The Morgan fingerprint density at radius 3 is 1.85 bits per heavy atom. The molecule has 0 heterocycles. The van der Waals surface area contributed by atoms with E-state index in [1.54, 1.807) is 0 Å². The molecular formula is C22H39N3O8S. The molecule has 0 aliphatic carbocycles. The van der Waals surface area contributed by atoms with E-state index in [4.69, 9.17) is 21.1 Å². The minimum atomic E-state index is -1.21. The second-order valence-electron chi connectivity index (χ2n) is 8.12. The summed E-state index contributed by atoms with van der Waals surface area (Å²) >= 11 is 1.49. The fraction of sp³-hybridized carbons (Fsp3) is 0.773. The summed E-state index contributed by atoms with van der Waals surface area (Å²) in [6.07, 6.45) is 9.21. The minimum absolute atomic E-state index is 0.0693. The number of hydrogen-bond acceptors (Lipinski definition) is 7. The van der Waals surface area contributed by atoms with Crippen LogP contribution >= 0.6 is 11.8 Å². The lowest BCUT2D eigenvalue weighted by molar-refractivity contribution is -0.139. The average molecular weight is 506 g/mol. The largest absolute Gasteiger partial charge is 0.481 e. The number of carboxylic acids is 3. The quantitative estimate of drug-likeness (QED) is 0.117. The standard InChI is InChI=1S/C22H39N3O8S/c23-16(22(32)33)11-12-18(26)25-17(21(31)24-14-20(29)30)15-34-13-9-7-5-3-1-2-4-6-8-10-19(27)28/h16-17H,1-15,23H2,(H,24,31)(H,25,26)(H,27,28)(H,29,30)(H,32,33)/t16-,17-/m0/s1. The van der Waals surface area contributed by atoms with Gasteiger partial charge in [0.2, 0.25) is 11.8 Å². The fourth-order valence-electron chi connectivity index (χ4n) is 3.06. The highest BCUT2D eigenvalue weighted by molar-refractivity contribution is 7.99. The number of unbranched alkanes of at least 4 members (excludes halogenated alkanes) is 8. The van der Waals surface area contributed by atoms with Crippen molar-refractivity contribution in [3.05, 3.63) is 0 Å². The van der Waals surface area contributed by atoms with Crippen molar-refractivity contribution in [3.63, 3.8) is 0 Å². The molecule has 0 rings (SSSR count). The molecule has 0 saturated heterocycles. The number of thioether (sulfide) groups is 1. The molecule has 0 spiro atoms. The van der Waals surface area contributed by atoms with Crippen LogP contribution in [0.15, 0.2) is 0 Å². The van der Waals surface area contributed by atoms with Crippen LogP contribution in [0.1, 0.15) is 77.0 Å². The number of aliphatic carboxylic acids is 3. The van der Waals surface area contributed by atoms with E-state index in [1.165, 1.54) is 11.8 Å². The fourth-order valence-corrected chi connectivity index (χ4v) is 4.11. The highest BCUT2D eigenvalue weighted by Crippen LogP contribution is 2.13. The van der Waals surface area contributed by atoms with Crippen molar-refractivity contribution in [2.24, 2.45) is 5.73 Å². The summed E-state index contributed by atoms with van der Waals surface area (Å²) in [4.78, 5) is 56.2. The Morgan fingerprint density at radius 2 is 1.32 bits per heavy atom. The molecule has 2 amide bonds. The molecule has 0 saturated carbocycles. The maximum atomic E-state index is 12.2. The third-order valence-electron chi connectivity index (χ3n) is 5.03. The van der Waals surface area contributed by atoms with Gasteiger partial charge in [0.05, 0.1) is 0 Å². The van der Waals surface area contributed by atoms with Crippen LogP contribution in [-0.4, -0.2) is 75.2 Å². The van der Waals surface area contributed by atoms with Gasteiger partial charge in [-0.3, -0.25) is 24.0 Å². The van der Waals surface area contributed by atoms with Gasteiger partial charge >= 0.3 is 17.9 Å². The molecule has 34 heavy (non-hydrogen) atoms. The van der Waals surface area contributed by atoms with Gasteiger partial charge in [0.25, 0.3) is 0 Å². The summed E-state index contributed by atoms with van der Waals surface area (Å²) in [6.45, 7) is -0.556. The Labute approximate surface area is 204 Å². The molecule has 0 radical (unpaired) electrons. The van der Waals surface area contributed by atoms with Gasteiger partial charge in [-0.1, -0.05) is 44.9 Å². The van der Waals surface area contributed by atoms with Crippen LogP contribution in [0.25, 0.3) is 0 Å². The van der Waals surface area contributed by atoms with E-state index in [1.807, 2.05) is 0 Å². The smallest absolute Gasteiger partial charge is 0.322 e.